The fourth-order valence-corrected chi connectivity index (χ4v) is 5.03. The number of aromatic carboxylic acids is 1. The van der Waals surface area contributed by atoms with Crippen LogP contribution in [0.4, 0.5) is 11.4 Å². The predicted molar refractivity (Wildman–Crippen MR) is 173 cm³/mol. The zero-order valence-corrected chi connectivity index (χ0v) is 27.8. The van der Waals surface area contributed by atoms with Crippen molar-refractivity contribution in [3.63, 3.8) is 0 Å². The quantitative estimate of drug-likeness (QED) is 0.145. The third-order valence-electron chi connectivity index (χ3n) is 7.46. The van der Waals surface area contributed by atoms with Gasteiger partial charge in [0.25, 0.3) is 0 Å². The van der Waals surface area contributed by atoms with Crippen molar-refractivity contribution in [2.75, 3.05) is 10.6 Å². The Balaban J connectivity index is 0.000000328. The number of carboxylic acids is 1. The van der Waals surface area contributed by atoms with Crippen LogP contribution in [0.1, 0.15) is 109 Å². The number of rotatable bonds is 9. The first-order chi connectivity index (χ1) is 20.3. The zero-order valence-electron chi connectivity index (χ0n) is 26.7. The Bertz CT molecular complexity index is 1490. The number of carboxylic acid groups (broad SMARTS) is 1. The van der Waals surface area contributed by atoms with Crippen molar-refractivity contribution in [3.05, 3.63) is 112 Å². The molecule has 237 valence electrons. The first kappa shape index (κ1) is 36.2. The minimum Gasteiger partial charge on any atom is -0.869 e. The van der Waals surface area contributed by atoms with Crippen molar-refractivity contribution in [1.29, 1.82) is 0 Å². The van der Waals surface area contributed by atoms with Crippen LogP contribution in [0.2, 0.25) is 0 Å². The van der Waals surface area contributed by atoms with Gasteiger partial charge in [-0.3, -0.25) is 4.98 Å². The van der Waals surface area contributed by atoms with Crippen LogP contribution in [0.15, 0.2) is 72.8 Å². The second-order valence-corrected chi connectivity index (χ2v) is 11.6. The largest absolute Gasteiger partial charge is 0.869 e. The summed E-state index contributed by atoms with van der Waals surface area (Å²) in [6, 6.07) is 24.6. The Hall–Kier alpha value is -4.01. The van der Waals surface area contributed by atoms with E-state index in [2.05, 4.69) is 105 Å². The number of anilines is 2. The number of para-hydroxylation sites is 2. The van der Waals surface area contributed by atoms with E-state index in [1.54, 1.807) is 0 Å². The van der Waals surface area contributed by atoms with Gasteiger partial charge in [0.05, 0.1) is 29.0 Å². The van der Waals surface area contributed by atoms with Crippen molar-refractivity contribution in [1.82, 2.24) is 4.98 Å². The molecule has 1 radical (unpaired) electrons. The van der Waals surface area contributed by atoms with E-state index in [1.807, 2.05) is 27.7 Å². The van der Waals surface area contributed by atoms with Gasteiger partial charge < -0.3 is 26.0 Å². The summed E-state index contributed by atoms with van der Waals surface area (Å²) in [6.07, 6.45) is 0. The molecular weight excluding hydrogens is 597 g/mol. The zero-order chi connectivity index (χ0) is 31.8. The van der Waals surface area contributed by atoms with Gasteiger partial charge >= 0.3 is 5.97 Å². The maximum atomic E-state index is 11.7. The number of aromatic hydroxyl groups is 1. The molecule has 0 saturated heterocycles. The molecule has 0 fully saturated rings. The van der Waals surface area contributed by atoms with Crippen LogP contribution in [-0.2, 0) is 16.8 Å². The maximum Gasteiger partial charge on any atom is 0.335 e. The second kappa shape index (κ2) is 16.2. The number of benzene rings is 3. The summed E-state index contributed by atoms with van der Waals surface area (Å²) in [4.78, 5) is 16.1. The third kappa shape index (κ3) is 9.00. The van der Waals surface area contributed by atoms with Gasteiger partial charge in [0.1, 0.15) is 5.75 Å². The number of aromatic nitrogens is 1. The molecule has 7 nitrogen and oxygen atoms in total. The SMILES string of the molecule is CC(C)c1cc(O)c([O-])c(C(=O)O)c1C(C)C.Cc1ccccc1NC(C)c1cccc(C(C)Nc2ccccc2C)n1.[Co]. The van der Waals surface area contributed by atoms with Gasteiger partial charge in [-0.25, -0.2) is 4.79 Å². The molecule has 0 bridgehead atoms. The average Bonchev–Trinajstić information content (AvgIpc) is 2.96. The van der Waals surface area contributed by atoms with Crippen LogP contribution in [0.3, 0.4) is 0 Å². The standard InChI is InChI=1S/C23H27N3.C13H18O4.Co/c1-16-10-5-7-12-20(16)24-18(3)22-14-9-15-23(26-22)19(4)25-21-13-8-6-11-17(21)2;1-6(2)8-5-9(14)12(15)11(13(16)17)10(8)7(3)4;/h5-15,18-19,24-25H,1-4H3;5-7,14-15H,1-4H3,(H,16,17);/p-1. The predicted octanol–water partition coefficient (Wildman–Crippen LogP) is 8.45. The van der Waals surface area contributed by atoms with Crippen LogP contribution in [0.5, 0.6) is 11.5 Å². The Kier molecular flexibility index (Phi) is 13.3. The average molecular weight is 642 g/mol. The minimum absolute atomic E-state index is 0. The third-order valence-corrected chi connectivity index (χ3v) is 7.46. The number of hydrogen-bond acceptors (Lipinski definition) is 6. The fourth-order valence-electron chi connectivity index (χ4n) is 5.03. The summed E-state index contributed by atoms with van der Waals surface area (Å²) >= 11 is 0. The first-order valence-corrected chi connectivity index (χ1v) is 14.7. The molecule has 0 aliphatic heterocycles. The number of aryl methyl sites for hydroxylation is 2. The van der Waals surface area contributed by atoms with Crippen LogP contribution in [0.25, 0.3) is 0 Å². The van der Waals surface area contributed by atoms with Gasteiger partial charge in [0.2, 0.25) is 0 Å². The van der Waals surface area contributed by atoms with Crippen LogP contribution in [0, 0.1) is 13.8 Å². The molecule has 0 aliphatic rings. The van der Waals surface area contributed by atoms with E-state index in [1.165, 1.54) is 17.2 Å². The molecule has 2 unspecified atom stereocenters. The molecule has 0 saturated carbocycles. The van der Waals surface area contributed by atoms with Gasteiger partial charge in [0.15, 0.2) is 0 Å². The topological polar surface area (TPSA) is 118 Å². The van der Waals surface area contributed by atoms with Gasteiger partial charge in [-0.05, 0) is 92.1 Å². The molecule has 4 aromatic rings. The Morgan fingerprint density at radius 2 is 1.20 bits per heavy atom. The number of hydrogen-bond donors (Lipinski definition) is 4. The van der Waals surface area contributed by atoms with E-state index in [0.717, 1.165) is 28.3 Å². The summed E-state index contributed by atoms with van der Waals surface area (Å²) in [5, 5.41) is 37.4. The molecule has 44 heavy (non-hydrogen) atoms. The van der Waals surface area contributed by atoms with E-state index in [-0.39, 0.29) is 46.3 Å². The molecule has 4 rings (SSSR count). The number of pyridine rings is 1. The van der Waals surface area contributed by atoms with E-state index in [9.17, 15) is 15.0 Å². The molecule has 4 N–H and O–H groups in total. The van der Waals surface area contributed by atoms with E-state index in [4.69, 9.17) is 10.1 Å². The minimum atomic E-state index is -1.28. The Morgan fingerprint density at radius 1 is 0.750 bits per heavy atom. The summed E-state index contributed by atoms with van der Waals surface area (Å²) in [6.45, 7) is 16.0. The Morgan fingerprint density at radius 3 is 1.59 bits per heavy atom. The Labute approximate surface area is 272 Å². The number of carbonyl (C=O) groups is 1. The molecule has 0 aliphatic carbocycles. The molecule has 1 heterocycles. The van der Waals surface area contributed by atoms with E-state index < -0.39 is 17.5 Å². The number of phenolic OH excluding ortho intramolecular Hbond substituents is 1. The van der Waals surface area contributed by atoms with Gasteiger partial charge in [0, 0.05) is 28.2 Å². The fraction of sp³-hybridized carbons (Fsp3) is 0.333. The summed E-state index contributed by atoms with van der Waals surface area (Å²) in [7, 11) is 0. The van der Waals surface area contributed by atoms with Gasteiger partial charge in [-0.15, -0.1) is 0 Å². The molecule has 2 atom stereocenters. The molecule has 8 heteroatoms. The van der Waals surface area contributed by atoms with Gasteiger partial charge in [-0.2, -0.15) is 0 Å². The molecule has 0 spiro atoms. The molecule has 1 aromatic heterocycles. The van der Waals surface area contributed by atoms with Crippen LogP contribution < -0.4 is 15.7 Å². The maximum absolute atomic E-state index is 11.7. The number of nitrogens with zero attached hydrogens (tertiary/aromatic N) is 1. The number of phenols is 1. The summed E-state index contributed by atoms with van der Waals surface area (Å²) in [5.74, 6) is -2.60. The molecule has 0 amide bonds. The van der Waals surface area contributed by atoms with Crippen molar-refractivity contribution in [3.8, 4) is 11.5 Å². The van der Waals surface area contributed by atoms with Crippen LogP contribution >= 0.6 is 0 Å². The van der Waals surface area contributed by atoms with Crippen molar-refractivity contribution in [2.24, 2.45) is 0 Å². The van der Waals surface area contributed by atoms with Crippen molar-refractivity contribution >= 4 is 17.3 Å². The number of nitrogens with one attached hydrogen (secondary N) is 2. The van der Waals surface area contributed by atoms with E-state index in [0.29, 0.717) is 5.56 Å². The first-order valence-electron chi connectivity index (χ1n) is 14.7. The van der Waals surface area contributed by atoms with Crippen LogP contribution in [-0.4, -0.2) is 21.2 Å². The summed E-state index contributed by atoms with van der Waals surface area (Å²) < 4.78 is 0. The summed E-state index contributed by atoms with van der Waals surface area (Å²) in [5.41, 5.74) is 7.81. The smallest absolute Gasteiger partial charge is 0.335 e. The monoisotopic (exact) mass is 641 g/mol. The second-order valence-electron chi connectivity index (χ2n) is 11.6. The molecule has 3 aromatic carbocycles. The molecular formula is C36H44CoN3O4-. The van der Waals surface area contributed by atoms with Gasteiger partial charge in [-0.1, -0.05) is 75.9 Å². The van der Waals surface area contributed by atoms with Crippen molar-refractivity contribution < 1.29 is 36.9 Å². The normalized spacial score (nSPS) is 12.0. The van der Waals surface area contributed by atoms with Crippen molar-refractivity contribution in [2.45, 2.75) is 79.3 Å². The van der Waals surface area contributed by atoms with E-state index >= 15 is 0 Å².